The highest BCUT2D eigenvalue weighted by Gasteiger charge is 2.36. The standard InChI is InChI=1S/C14H15Cl2F3N2O2/c1-21(5-12(23)20-6-14(17,18)19)13-9-2-7(15)3-10(16)8(9)4-11(13)22/h2-3,11,13,22H,4-6H2,1H3,(H,20,23)/t11-,13+/m0/s1. The number of aliphatic hydroxyl groups excluding tert-OH is 1. The van der Waals surface area contributed by atoms with Crippen LogP contribution in [0.2, 0.25) is 10.0 Å². The Morgan fingerprint density at radius 1 is 1.43 bits per heavy atom. The van der Waals surface area contributed by atoms with E-state index in [1.54, 1.807) is 24.5 Å². The number of benzene rings is 1. The van der Waals surface area contributed by atoms with E-state index in [-0.39, 0.29) is 6.54 Å². The van der Waals surface area contributed by atoms with E-state index in [0.29, 0.717) is 22.0 Å². The smallest absolute Gasteiger partial charge is 0.391 e. The van der Waals surface area contributed by atoms with Gasteiger partial charge in [-0.25, -0.2) is 0 Å². The number of nitrogens with zero attached hydrogens (tertiary/aromatic N) is 1. The number of amides is 1. The zero-order valence-corrected chi connectivity index (χ0v) is 13.6. The Morgan fingerprint density at radius 2 is 2.09 bits per heavy atom. The maximum absolute atomic E-state index is 12.1. The predicted octanol–water partition coefficient (Wildman–Crippen LogP) is 2.56. The minimum Gasteiger partial charge on any atom is -0.391 e. The first-order chi connectivity index (χ1) is 10.6. The van der Waals surface area contributed by atoms with E-state index in [1.165, 1.54) is 4.90 Å². The van der Waals surface area contributed by atoms with Gasteiger partial charge in [-0.1, -0.05) is 23.2 Å². The molecule has 0 aromatic heterocycles. The van der Waals surface area contributed by atoms with Crippen molar-refractivity contribution >= 4 is 29.1 Å². The summed E-state index contributed by atoms with van der Waals surface area (Å²) in [5, 5.41) is 12.8. The van der Waals surface area contributed by atoms with Gasteiger partial charge in [0.2, 0.25) is 5.91 Å². The second-order valence-electron chi connectivity index (χ2n) is 5.48. The predicted molar refractivity (Wildman–Crippen MR) is 80.6 cm³/mol. The Kier molecular flexibility index (Phi) is 5.45. The molecule has 0 aliphatic heterocycles. The highest BCUT2D eigenvalue weighted by molar-refractivity contribution is 6.35. The van der Waals surface area contributed by atoms with Gasteiger partial charge in [-0.05, 0) is 30.3 Å². The Morgan fingerprint density at radius 3 is 2.70 bits per heavy atom. The number of alkyl halides is 3. The summed E-state index contributed by atoms with van der Waals surface area (Å²) in [6.45, 7) is -1.68. The third-order valence-electron chi connectivity index (χ3n) is 3.65. The van der Waals surface area contributed by atoms with Gasteiger partial charge in [0.1, 0.15) is 6.54 Å². The summed E-state index contributed by atoms with van der Waals surface area (Å²) in [5.41, 5.74) is 1.41. The molecule has 0 spiro atoms. The molecule has 1 aliphatic rings. The Labute approximate surface area is 141 Å². The lowest BCUT2D eigenvalue weighted by Gasteiger charge is -2.27. The molecule has 2 N–H and O–H groups in total. The van der Waals surface area contributed by atoms with Crippen LogP contribution in [0.25, 0.3) is 0 Å². The van der Waals surface area contributed by atoms with Gasteiger partial charge in [-0.15, -0.1) is 0 Å². The molecule has 0 saturated heterocycles. The lowest BCUT2D eigenvalue weighted by atomic mass is 10.1. The zero-order valence-electron chi connectivity index (χ0n) is 12.1. The molecule has 2 rings (SSSR count). The van der Waals surface area contributed by atoms with E-state index >= 15 is 0 Å². The molecular weight excluding hydrogens is 356 g/mol. The summed E-state index contributed by atoms with van der Waals surface area (Å²) in [7, 11) is 1.55. The molecule has 1 aliphatic carbocycles. The molecular formula is C14H15Cl2F3N2O2. The van der Waals surface area contributed by atoms with Crippen LogP contribution in [-0.4, -0.2) is 48.3 Å². The molecule has 0 saturated carbocycles. The van der Waals surface area contributed by atoms with Crippen LogP contribution >= 0.6 is 23.2 Å². The maximum Gasteiger partial charge on any atom is 0.405 e. The highest BCUT2D eigenvalue weighted by atomic mass is 35.5. The Balaban J connectivity index is 2.09. The van der Waals surface area contributed by atoms with Gasteiger partial charge < -0.3 is 10.4 Å². The zero-order chi connectivity index (χ0) is 17.4. The molecule has 1 amide bonds. The van der Waals surface area contributed by atoms with Crippen molar-refractivity contribution in [3.63, 3.8) is 0 Å². The molecule has 0 unspecified atom stereocenters. The molecule has 4 nitrogen and oxygen atoms in total. The average Bonchev–Trinajstić information content (AvgIpc) is 2.72. The number of likely N-dealkylation sites (N-methyl/N-ethyl adjacent to an activating group) is 1. The second kappa shape index (κ2) is 6.84. The number of carbonyl (C=O) groups is 1. The number of rotatable bonds is 4. The first-order valence-electron chi connectivity index (χ1n) is 6.78. The summed E-state index contributed by atoms with van der Waals surface area (Å²) >= 11 is 12.1. The summed E-state index contributed by atoms with van der Waals surface area (Å²) in [6.07, 6.45) is -4.99. The van der Waals surface area contributed by atoms with Gasteiger partial charge in [0.15, 0.2) is 0 Å². The first-order valence-corrected chi connectivity index (χ1v) is 7.53. The molecule has 0 radical (unpaired) electrons. The lowest BCUT2D eigenvalue weighted by molar-refractivity contribution is -0.139. The van der Waals surface area contributed by atoms with Crippen LogP contribution in [0.15, 0.2) is 12.1 Å². The summed E-state index contributed by atoms with van der Waals surface area (Å²) in [4.78, 5) is 13.1. The number of nitrogens with one attached hydrogen (secondary N) is 1. The largest absolute Gasteiger partial charge is 0.405 e. The van der Waals surface area contributed by atoms with Crippen molar-refractivity contribution in [2.75, 3.05) is 20.1 Å². The van der Waals surface area contributed by atoms with Crippen molar-refractivity contribution in [1.29, 1.82) is 0 Å². The number of hydrogen-bond donors (Lipinski definition) is 2. The number of hydrogen-bond acceptors (Lipinski definition) is 3. The quantitative estimate of drug-likeness (QED) is 0.856. The molecule has 0 heterocycles. The Bertz CT molecular complexity index is 610. The highest BCUT2D eigenvalue weighted by Crippen LogP contribution is 2.40. The van der Waals surface area contributed by atoms with E-state index in [2.05, 4.69) is 0 Å². The van der Waals surface area contributed by atoms with E-state index in [4.69, 9.17) is 23.2 Å². The van der Waals surface area contributed by atoms with Crippen LogP contribution < -0.4 is 5.32 Å². The van der Waals surface area contributed by atoms with Gasteiger partial charge in [-0.3, -0.25) is 9.69 Å². The number of fused-ring (bicyclic) bond motifs is 1. The monoisotopic (exact) mass is 370 g/mol. The summed E-state index contributed by atoms with van der Waals surface area (Å²) in [6, 6.07) is 2.65. The molecule has 0 bridgehead atoms. The van der Waals surface area contributed by atoms with Crippen molar-refractivity contribution in [3.8, 4) is 0 Å². The number of carbonyl (C=O) groups excluding carboxylic acids is 1. The third-order valence-corrected chi connectivity index (χ3v) is 4.20. The van der Waals surface area contributed by atoms with E-state index in [1.807, 2.05) is 0 Å². The normalized spacial score (nSPS) is 20.7. The minimum absolute atomic E-state index is 0.290. The van der Waals surface area contributed by atoms with Crippen LogP contribution in [0.5, 0.6) is 0 Å². The maximum atomic E-state index is 12.1. The van der Waals surface area contributed by atoms with Crippen LogP contribution in [0.1, 0.15) is 17.2 Å². The van der Waals surface area contributed by atoms with Gasteiger partial charge in [-0.2, -0.15) is 13.2 Å². The SMILES string of the molecule is CN(CC(=O)NCC(F)(F)F)[C@@H]1c2cc(Cl)cc(Cl)c2C[C@@H]1O. The van der Waals surface area contributed by atoms with Crippen molar-refractivity contribution < 1.29 is 23.1 Å². The summed E-state index contributed by atoms with van der Waals surface area (Å²) in [5.74, 6) is -0.779. The number of aliphatic hydroxyl groups is 1. The minimum atomic E-state index is -4.46. The van der Waals surface area contributed by atoms with Crippen LogP contribution in [0.4, 0.5) is 13.2 Å². The van der Waals surface area contributed by atoms with E-state index in [9.17, 15) is 23.1 Å². The van der Waals surface area contributed by atoms with Gasteiger partial charge in [0.25, 0.3) is 0 Å². The van der Waals surface area contributed by atoms with Gasteiger partial charge in [0.05, 0.1) is 18.7 Å². The number of halogens is 5. The fourth-order valence-electron chi connectivity index (χ4n) is 2.74. The van der Waals surface area contributed by atoms with Gasteiger partial charge in [0, 0.05) is 16.5 Å². The van der Waals surface area contributed by atoms with Crippen LogP contribution in [0.3, 0.4) is 0 Å². The molecule has 0 fully saturated rings. The second-order valence-corrected chi connectivity index (χ2v) is 6.32. The first kappa shape index (κ1) is 18.3. The van der Waals surface area contributed by atoms with Crippen LogP contribution in [-0.2, 0) is 11.2 Å². The summed E-state index contributed by atoms with van der Waals surface area (Å²) < 4.78 is 36.3. The third kappa shape index (κ3) is 4.50. The van der Waals surface area contributed by atoms with Gasteiger partial charge >= 0.3 is 6.18 Å². The molecule has 128 valence electrons. The fraction of sp³-hybridized carbons (Fsp3) is 0.500. The average molecular weight is 371 g/mol. The molecule has 1 aromatic rings. The van der Waals surface area contributed by atoms with Crippen molar-refractivity contribution in [3.05, 3.63) is 33.3 Å². The molecule has 1 aromatic carbocycles. The van der Waals surface area contributed by atoms with Crippen molar-refractivity contribution in [2.24, 2.45) is 0 Å². The van der Waals surface area contributed by atoms with E-state index in [0.717, 1.165) is 5.56 Å². The fourth-order valence-corrected chi connectivity index (χ4v) is 3.33. The topological polar surface area (TPSA) is 52.6 Å². The molecule has 2 atom stereocenters. The van der Waals surface area contributed by atoms with Crippen molar-refractivity contribution in [1.82, 2.24) is 10.2 Å². The van der Waals surface area contributed by atoms with Crippen LogP contribution in [0, 0.1) is 0 Å². The lowest BCUT2D eigenvalue weighted by Crippen LogP contribution is -2.42. The van der Waals surface area contributed by atoms with E-state index < -0.39 is 30.8 Å². The van der Waals surface area contributed by atoms with Crippen molar-refractivity contribution in [2.45, 2.75) is 24.7 Å². The molecule has 23 heavy (non-hydrogen) atoms. The molecule has 9 heteroatoms. The Hall–Kier alpha value is -1.02.